The molecule has 1 aromatic carbocycles. The van der Waals surface area contributed by atoms with Gasteiger partial charge in [0.05, 0.1) is 22.3 Å². The van der Waals surface area contributed by atoms with E-state index in [1.54, 1.807) is 19.1 Å². The number of alkyl carbamates (subject to hydrolysis) is 1. The molecule has 2 rings (SSSR count). The van der Waals surface area contributed by atoms with E-state index in [4.69, 9.17) is 27.9 Å². The molecule has 1 unspecified atom stereocenters. The number of amides is 1. The van der Waals surface area contributed by atoms with Crippen molar-refractivity contribution in [2.45, 2.75) is 33.2 Å². The van der Waals surface area contributed by atoms with Crippen molar-refractivity contribution in [2.75, 3.05) is 18.5 Å². The Hall–Kier alpha value is -2.03. The van der Waals surface area contributed by atoms with E-state index < -0.39 is 18.1 Å². The van der Waals surface area contributed by atoms with E-state index in [9.17, 15) is 14.7 Å². The van der Waals surface area contributed by atoms with Crippen LogP contribution in [0.5, 0.6) is 0 Å². The van der Waals surface area contributed by atoms with E-state index >= 15 is 0 Å². The van der Waals surface area contributed by atoms with Gasteiger partial charge in [0.25, 0.3) is 0 Å². The predicted octanol–water partition coefficient (Wildman–Crippen LogP) is 4.93. The molecule has 0 aliphatic heterocycles. The summed E-state index contributed by atoms with van der Waals surface area (Å²) in [7, 11) is 0. The molecule has 1 heterocycles. The molecule has 7 nitrogen and oxygen atoms in total. The summed E-state index contributed by atoms with van der Waals surface area (Å²) in [5, 5.41) is 16.1. The van der Waals surface area contributed by atoms with Crippen molar-refractivity contribution in [3.63, 3.8) is 0 Å². The van der Waals surface area contributed by atoms with Crippen LogP contribution in [0.3, 0.4) is 0 Å². The number of benzene rings is 1. The third kappa shape index (κ3) is 6.76. The normalized spacial score (nSPS) is 11.9. The number of ether oxygens (including phenoxy) is 1. The number of nitrogens with one attached hydrogen (secondary N) is 2. The Morgan fingerprint density at radius 1 is 1.28 bits per heavy atom. The molecular weight excluding hydrogens is 437 g/mol. The van der Waals surface area contributed by atoms with Gasteiger partial charge in [0.2, 0.25) is 0 Å². The summed E-state index contributed by atoms with van der Waals surface area (Å²) in [6.45, 7) is 5.97. The molecule has 0 spiro atoms. The molecule has 0 radical (unpaired) electrons. The zero-order valence-electron chi connectivity index (χ0n) is 16.3. The molecule has 2 aromatic rings. The van der Waals surface area contributed by atoms with Gasteiger partial charge < -0.3 is 20.5 Å². The van der Waals surface area contributed by atoms with E-state index in [1.807, 2.05) is 6.07 Å². The molecule has 0 saturated heterocycles. The van der Waals surface area contributed by atoms with Crippen LogP contribution < -0.4 is 10.6 Å². The number of carbonyl (C=O) groups is 2. The summed E-state index contributed by atoms with van der Waals surface area (Å²) < 4.78 is 4.74. The topological polar surface area (TPSA) is 101 Å². The molecule has 158 valence electrons. The highest BCUT2D eigenvalue weighted by atomic mass is 35.5. The number of nitrogens with zero attached hydrogens (tertiary/aromatic N) is 1. The second-order valence-corrected chi connectivity index (χ2v) is 8.55. The molecule has 0 fully saturated rings. The summed E-state index contributed by atoms with van der Waals surface area (Å²) >= 11 is 13.6. The molecule has 0 aliphatic rings. The average molecular weight is 460 g/mol. The number of thiazole rings is 1. The first-order chi connectivity index (χ1) is 13.7. The van der Waals surface area contributed by atoms with Gasteiger partial charge in [-0.2, -0.15) is 0 Å². The highest BCUT2D eigenvalue weighted by molar-refractivity contribution is 7.16. The predicted molar refractivity (Wildman–Crippen MR) is 116 cm³/mol. The lowest BCUT2D eigenvalue weighted by Gasteiger charge is -2.14. The molecular formula is C19H23Cl2N3O4S. The number of hydrogen-bond acceptors (Lipinski definition) is 6. The molecule has 29 heavy (non-hydrogen) atoms. The first-order valence-electron chi connectivity index (χ1n) is 9.06. The van der Waals surface area contributed by atoms with Crippen LogP contribution in [0.15, 0.2) is 18.2 Å². The maximum absolute atomic E-state index is 11.5. The van der Waals surface area contributed by atoms with Crippen LogP contribution in [-0.2, 0) is 16.0 Å². The largest absolute Gasteiger partial charge is 0.480 e. The monoisotopic (exact) mass is 459 g/mol. The van der Waals surface area contributed by atoms with Gasteiger partial charge in [-0.3, -0.25) is 0 Å². The minimum absolute atomic E-state index is 0.0381. The summed E-state index contributed by atoms with van der Waals surface area (Å²) in [5.74, 6) is -0.767. The molecule has 10 heteroatoms. The highest BCUT2D eigenvalue weighted by Crippen LogP contribution is 2.35. The molecule has 1 aromatic heterocycles. The van der Waals surface area contributed by atoms with Crippen LogP contribution >= 0.6 is 34.5 Å². The molecule has 1 amide bonds. The Morgan fingerprint density at radius 3 is 2.59 bits per heavy atom. The Morgan fingerprint density at radius 2 is 2.00 bits per heavy atom. The van der Waals surface area contributed by atoms with Gasteiger partial charge in [0.1, 0.15) is 6.04 Å². The number of anilines is 1. The van der Waals surface area contributed by atoms with Crippen LogP contribution in [-0.4, -0.2) is 41.3 Å². The number of carboxylic acids is 1. The van der Waals surface area contributed by atoms with E-state index in [0.717, 1.165) is 22.6 Å². The fourth-order valence-electron chi connectivity index (χ4n) is 2.51. The Balaban J connectivity index is 2.22. The minimum atomic E-state index is -1.17. The Bertz CT molecular complexity index is 873. The molecule has 3 N–H and O–H groups in total. The molecule has 0 saturated carbocycles. The number of aromatic nitrogens is 1. The smallest absolute Gasteiger partial charge is 0.407 e. The van der Waals surface area contributed by atoms with Gasteiger partial charge in [-0.25, -0.2) is 14.6 Å². The summed E-state index contributed by atoms with van der Waals surface area (Å²) in [5.41, 5.74) is 1.61. The SMILES string of the molecule is CCOC(=O)NC(CNc1nc(-c2ccc(Cl)c(Cl)c2)c(CC(C)C)s1)C(=O)O. The lowest BCUT2D eigenvalue weighted by molar-refractivity contribution is -0.138. The average Bonchev–Trinajstić information content (AvgIpc) is 3.03. The zero-order chi connectivity index (χ0) is 21.6. The van der Waals surface area contributed by atoms with Crippen molar-refractivity contribution in [3.8, 4) is 11.3 Å². The van der Waals surface area contributed by atoms with Crippen LogP contribution in [0.2, 0.25) is 10.0 Å². The van der Waals surface area contributed by atoms with Gasteiger partial charge in [-0.15, -0.1) is 11.3 Å². The van der Waals surface area contributed by atoms with Crippen molar-refractivity contribution in [1.29, 1.82) is 0 Å². The molecule has 0 aliphatic carbocycles. The number of hydrogen-bond donors (Lipinski definition) is 3. The van der Waals surface area contributed by atoms with Crippen LogP contribution in [0.1, 0.15) is 25.6 Å². The highest BCUT2D eigenvalue weighted by Gasteiger charge is 2.22. The fraction of sp³-hybridized carbons (Fsp3) is 0.421. The zero-order valence-corrected chi connectivity index (χ0v) is 18.6. The number of halogens is 2. The van der Waals surface area contributed by atoms with E-state index in [2.05, 4.69) is 29.5 Å². The molecule has 0 bridgehead atoms. The first kappa shape index (κ1) is 23.3. The van der Waals surface area contributed by atoms with Crippen LogP contribution in [0.25, 0.3) is 11.3 Å². The summed E-state index contributed by atoms with van der Waals surface area (Å²) in [6.07, 6.45) is 0.0241. The van der Waals surface area contributed by atoms with Gasteiger partial charge in [-0.05, 0) is 31.4 Å². The molecule has 1 atom stereocenters. The summed E-state index contributed by atoms with van der Waals surface area (Å²) in [6, 6.07) is 4.17. The van der Waals surface area contributed by atoms with Crippen molar-refractivity contribution in [2.24, 2.45) is 5.92 Å². The standard InChI is InChI=1S/C19H23Cl2N3O4S/c1-4-28-19(27)23-14(17(25)26)9-22-18-24-16(15(29-18)7-10(2)3)11-5-6-12(20)13(21)8-11/h5-6,8,10,14H,4,7,9H2,1-3H3,(H,22,24)(H,23,27)(H,25,26). The number of rotatable bonds is 9. The van der Waals surface area contributed by atoms with Gasteiger partial charge in [0.15, 0.2) is 5.13 Å². The Labute approximate surface area is 183 Å². The lowest BCUT2D eigenvalue weighted by atomic mass is 10.0. The second-order valence-electron chi connectivity index (χ2n) is 6.65. The minimum Gasteiger partial charge on any atom is -0.480 e. The number of carbonyl (C=O) groups excluding carboxylic acids is 1. The first-order valence-corrected chi connectivity index (χ1v) is 10.6. The van der Waals surface area contributed by atoms with Crippen molar-refractivity contribution in [3.05, 3.63) is 33.1 Å². The fourth-order valence-corrected chi connectivity index (χ4v) is 4.01. The van der Waals surface area contributed by atoms with Crippen LogP contribution in [0, 0.1) is 5.92 Å². The number of aliphatic carboxylic acids is 1. The maximum atomic E-state index is 11.5. The van der Waals surface area contributed by atoms with E-state index in [-0.39, 0.29) is 13.2 Å². The Kier molecular flexibility index (Phi) is 8.55. The maximum Gasteiger partial charge on any atom is 0.407 e. The van der Waals surface area contributed by atoms with Gasteiger partial charge >= 0.3 is 12.1 Å². The summed E-state index contributed by atoms with van der Waals surface area (Å²) in [4.78, 5) is 28.6. The van der Waals surface area contributed by atoms with Crippen molar-refractivity contribution < 1.29 is 19.4 Å². The third-order valence-corrected chi connectivity index (χ3v) is 5.58. The number of carboxylic acid groups (broad SMARTS) is 1. The van der Waals surface area contributed by atoms with Crippen LogP contribution in [0.4, 0.5) is 9.93 Å². The lowest BCUT2D eigenvalue weighted by Crippen LogP contribution is -2.45. The van der Waals surface area contributed by atoms with Crippen molar-refractivity contribution in [1.82, 2.24) is 10.3 Å². The third-order valence-electron chi connectivity index (χ3n) is 3.81. The van der Waals surface area contributed by atoms with E-state index in [0.29, 0.717) is 21.1 Å². The van der Waals surface area contributed by atoms with Gasteiger partial charge in [0, 0.05) is 17.0 Å². The quantitative estimate of drug-likeness (QED) is 0.491. The van der Waals surface area contributed by atoms with Crippen molar-refractivity contribution >= 4 is 51.7 Å². The van der Waals surface area contributed by atoms with Gasteiger partial charge in [-0.1, -0.05) is 43.1 Å². The second kappa shape index (κ2) is 10.7. The van der Waals surface area contributed by atoms with E-state index in [1.165, 1.54) is 11.3 Å².